The van der Waals surface area contributed by atoms with Crippen LogP contribution in [0.3, 0.4) is 0 Å². The Balaban J connectivity index is 1.73. The minimum atomic E-state index is 0.458. The number of hydrogen-bond acceptors (Lipinski definition) is 5. The minimum absolute atomic E-state index is 0.458. The smallest absolute Gasteiger partial charge is 0.315 e. The molecule has 0 saturated heterocycles. The summed E-state index contributed by atoms with van der Waals surface area (Å²) in [6.07, 6.45) is 3.62. The summed E-state index contributed by atoms with van der Waals surface area (Å²) in [5.74, 6) is 0.671. The van der Waals surface area contributed by atoms with Gasteiger partial charge in [-0.25, -0.2) is 0 Å². The Morgan fingerprint density at radius 2 is 2.26 bits per heavy atom. The highest BCUT2D eigenvalue weighted by atomic mass is 16.4. The Labute approximate surface area is 110 Å². The van der Waals surface area contributed by atoms with Crippen LogP contribution in [0.2, 0.25) is 0 Å². The number of H-pyrrole nitrogens is 1. The average molecular weight is 257 g/mol. The third-order valence-electron chi connectivity index (χ3n) is 2.92. The fourth-order valence-electron chi connectivity index (χ4n) is 1.99. The zero-order chi connectivity index (χ0) is 13.1. The lowest BCUT2D eigenvalue weighted by Gasteiger charge is -2.02. The van der Waals surface area contributed by atoms with E-state index in [4.69, 9.17) is 4.42 Å². The number of fused-ring (bicyclic) bond motifs is 1. The molecule has 0 aliphatic heterocycles. The fourth-order valence-corrected chi connectivity index (χ4v) is 1.99. The minimum Gasteiger partial charge on any atom is -0.408 e. The number of aromatic amines is 1. The second-order valence-corrected chi connectivity index (χ2v) is 4.36. The van der Waals surface area contributed by atoms with Gasteiger partial charge in [-0.1, -0.05) is 30.2 Å². The van der Waals surface area contributed by atoms with Crippen LogP contribution in [0.4, 0.5) is 6.01 Å². The Hall–Kier alpha value is -2.37. The van der Waals surface area contributed by atoms with E-state index in [2.05, 4.69) is 32.6 Å². The number of nitrogens with one attached hydrogen (secondary N) is 2. The molecule has 2 aromatic heterocycles. The molecule has 3 aromatic rings. The second-order valence-electron chi connectivity index (χ2n) is 4.36. The first-order chi connectivity index (χ1) is 9.36. The maximum Gasteiger partial charge on any atom is 0.315 e. The molecule has 0 amide bonds. The van der Waals surface area contributed by atoms with Gasteiger partial charge in [0.25, 0.3) is 0 Å². The molecule has 98 valence electrons. The number of aryl methyl sites for hydroxylation is 1. The fraction of sp³-hybridized carbons (Fsp3) is 0.308. The third kappa shape index (κ3) is 2.42. The van der Waals surface area contributed by atoms with E-state index in [-0.39, 0.29) is 0 Å². The maximum absolute atomic E-state index is 5.48. The van der Waals surface area contributed by atoms with Gasteiger partial charge in [0.05, 0.1) is 11.7 Å². The molecule has 6 nitrogen and oxygen atoms in total. The van der Waals surface area contributed by atoms with Crippen molar-refractivity contribution in [2.24, 2.45) is 0 Å². The molecule has 2 N–H and O–H groups in total. The van der Waals surface area contributed by atoms with Crippen LogP contribution in [-0.2, 0) is 13.0 Å². The predicted molar refractivity (Wildman–Crippen MR) is 71.7 cm³/mol. The lowest BCUT2D eigenvalue weighted by atomic mass is 10.1. The average Bonchev–Trinajstić information content (AvgIpc) is 3.05. The molecule has 0 fully saturated rings. The van der Waals surface area contributed by atoms with Crippen molar-refractivity contribution in [3.05, 3.63) is 35.9 Å². The van der Waals surface area contributed by atoms with Crippen LogP contribution in [0.1, 0.15) is 24.8 Å². The van der Waals surface area contributed by atoms with Crippen molar-refractivity contribution in [3.8, 4) is 0 Å². The second kappa shape index (κ2) is 5.09. The van der Waals surface area contributed by atoms with Crippen LogP contribution in [0.15, 0.2) is 28.8 Å². The number of rotatable bonds is 5. The topological polar surface area (TPSA) is 79.6 Å². The number of aromatic nitrogens is 4. The molecular formula is C13H15N5O. The van der Waals surface area contributed by atoms with Gasteiger partial charge in [0, 0.05) is 18.4 Å². The molecule has 0 radical (unpaired) electrons. The van der Waals surface area contributed by atoms with Crippen molar-refractivity contribution in [2.75, 3.05) is 5.32 Å². The predicted octanol–water partition coefficient (Wildman–Crippen LogP) is 2.51. The first-order valence-electron chi connectivity index (χ1n) is 6.34. The highest BCUT2D eigenvalue weighted by molar-refractivity contribution is 5.81. The SMILES string of the molecule is CCCc1nnc(NCc2cccc3cn[nH]c23)o1. The van der Waals surface area contributed by atoms with E-state index in [1.807, 2.05) is 24.4 Å². The van der Waals surface area contributed by atoms with Gasteiger partial charge in [-0.2, -0.15) is 5.10 Å². The standard InChI is InChI=1S/C13H15N5O/c1-2-4-11-16-18-13(19-11)14-7-9-5-3-6-10-8-15-17-12(9)10/h3,5-6,8H,2,4,7H2,1H3,(H,14,18)(H,15,17). The highest BCUT2D eigenvalue weighted by Gasteiger charge is 2.06. The molecule has 2 heterocycles. The van der Waals surface area contributed by atoms with Crippen LogP contribution < -0.4 is 5.32 Å². The third-order valence-corrected chi connectivity index (χ3v) is 2.92. The van der Waals surface area contributed by atoms with E-state index < -0.39 is 0 Å². The van der Waals surface area contributed by atoms with Crippen molar-refractivity contribution >= 4 is 16.9 Å². The van der Waals surface area contributed by atoms with Crippen molar-refractivity contribution in [2.45, 2.75) is 26.3 Å². The molecular weight excluding hydrogens is 242 g/mol. The summed E-state index contributed by atoms with van der Waals surface area (Å²) in [6.45, 7) is 2.70. The summed E-state index contributed by atoms with van der Waals surface area (Å²) >= 11 is 0. The van der Waals surface area contributed by atoms with Gasteiger partial charge >= 0.3 is 6.01 Å². The van der Waals surface area contributed by atoms with Crippen LogP contribution in [-0.4, -0.2) is 20.4 Å². The summed E-state index contributed by atoms with van der Waals surface area (Å²) < 4.78 is 5.48. The summed E-state index contributed by atoms with van der Waals surface area (Å²) in [4.78, 5) is 0. The van der Waals surface area contributed by atoms with Gasteiger partial charge in [-0.15, -0.1) is 5.10 Å². The zero-order valence-corrected chi connectivity index (χ0v) is 10.7. The zero-order valence-electron chi connectivity index (χ0n) is 10.7. The van der Waals surface area contributed by atoms with Crippen LogP contribution >= 0.6 is 0 Å². The number of hydrogen-bond donors (Lipinski definition) is 2. The summed E-state index contributed by atoms with van der Waals surface area (Å²) in [7, 11) is 0. The van der Waals surface area contributed by atoms with E-state index >= 15 is 0 Å². The Bertz CT molecular complexity index is 672. The molecule has 0 aliphatic carbocycles. The molecule has 19 heavy (non-hydrogen) atoms. The largest absolute Gasteiger partial charge is 0.408 e. The molecule has 0 aliphatic rings. The molecule has 0 saturated carbocycles. The van der Waals surface area contributed by atoms with Gasteiger partial charge in [0.2, 0.25) is 5.89 Å². The van der Waals surface area contributed by atoms with Gasteiger partial charge < -0.3 is 9.73 Å². The van der Waals surface area contributed by atoms with Gasteiger partial charge in [-0.3, -0.25) is 5.10 Å². The quantitative estimate of drug-likeness (QED) is 0.734. The van der Waals surface area contributed by atoms with Crippen LogP contribution in [0, 0.1) is 0 Å². The van der Waals surface area contributed by atoms with Gasteiger partial charge in [0.15, 0.2) is 0 Å². The number of benzene rings is 1. The summed E-state index contributed by atoms with van der Waals surface area (Å²) in [6, 6.07) is 6.52. The monoisotopic (exact) mass is 257 g/mol. The lowest BCUT2D eigenvalue weighted by Crippen LogP contribution is -2.00. The van der Waals surface area contributed by atoms with E-state index in [0.717, 1.165) is 29.3 Å². The number of para-hydroxylation sites is 1. The molecule has 0 spiro atoms. The van der Waals surface area contributed by atoms with Crippen molar-refractivity contribution < 1.29 is 4.42 Å². The highest BCUT2D eigenvalue weighted by Crippen LogP contribution is 2.17. The molecule has 0 atom stereocenters. The van der Waals surface area contributed by atoms with Crippen molar-refractivity contribution in [3.63, 3.8) is 0 Å². The Morgan fingerprint density at radius 1 is 1.32 bits per heavy atom. The van der Waals surface area contributed by atoms with E-state index in [1.165, 1.54) is 0 Å². The normalized spacial score (nSPS) is 11.0. The van der Waals surface area contributed by atoms with Gasteiger partial charge in [0.1, 0.15) is 0 Å². The van der Waals surface area contributed by atoms with E-state index in [0.29, 0.717) is 18.5 Å². The lowest BCUT2D eigenvalue weighted by molar-refractivity contribution is 0.501. The van der Waals surface area contributed by atoms with E-state index in [9.17, 15) is 0 Å². The molecule has 6 heteroatoms. The van der Waals surface area contributed by atoms with E-state index in [1.54, 1.807) is 0 Å². The Kier molecular flexibility index (Phi) is 3.14. The first kappa shape index (κ1) is 11.7. The van der Waals surface area contributed by atoms with Gasteiger partial charge in [-0.05, 0) is 12.0 Å². The molecule has 0 bridgehead atoms. The van der Waals surface area contributed by atoms with Crippen LogP contribution in [0.25, 0.3) is 10.9 Å². The molecule has 1 aromatic carbocycles. The maximum atomic E-state index is 5.48. The molecule has 3 rings (SSSR count). The summed E-state index contributed by atoms with van der Waals surface area (Å²) in [5.41, 5.74) is 2.15. The summed E-state index contributed by atoms with van der Waals surface area (Å²) in [5, 5.41) is 19.2. The van der Waals surface area contributed by atoms with Crippen molar-refractivity contribution in [1.29, 1.82) is 0 Å². The first-order valence-corrected chi connectivity index (χ1v) is 6.34. The number of anilines is 1. The van der Waals surface area contributed by atoms with Crippen LogP contribution in [0.5, 0.6) is 0 Å². The van der Waals surface area contributed by atoms with Crippen molar-refractivity contribution in [1.82, 2.24) is 20.4 Å². The Morgan fingerprint density at radius 3 is 3.16 bits per heavy atom. The molecule has 0 unspecified atom stereocenters. The number of nitrogens with zero attached hydrogens (tertiary/aromatic N) is 3.